The molecular weight excluding hydrogens is 587 g/mol. The van der Waals surface area contributed by atoms with Crippen molar-refractivity contribution < 1.29 is 19.2 Å². The van der Waals surface area contributed by atoms with Gasteiger partial charge in [-0.2, -0.15) is 0 Å². The van der Waals surface area contributed by atoms with Crippen LogP contribution in [0, 0.1) is 0 Å². The lowest BCUT2D eigenvalue weighted by Crippen LogP contribution is -2.53. The third-order valence-corrected chi connectivity index (χ3v) is 9.36. The summed E-state index contributed by atoms with van der Waals surface area (Å²) in [7, 11) is 3.21. The number of carbonyl (C=O) groups excluding carboxylic acids is 4. The molecule has 0 radical (unpaired) electrons. The van der Waals surface area contributed by atoms with E-state index in [1.807, 2.05) is 12.1 Å². The van der Waals surface area contributed by atoms with Crippen LogP contribution in [0.2, 0.25) is 0 Å². The van der Waals surface area contributed by atoms with Gasteiger partial charge >= 0.3 is 0 Å². The molecule has 13 heteroatoms. The Morgan fingerprint density at radius 3 is 2.12 bits per heavy atom. The van der Waals surface area contributed by atoms with Gasteiger partial charge in [-0.05, 0) is 54.5 Å². The van der Waals surface area contributed by atoms with Crippen LogP contribution in [0.15, 0.2) is 18.2 Å². The smallest absolute Gasteiger partial charge is 0.251 e. The number of nitrogens with two attached hydrogens (primary N) is 1. The van der Waals surface area contributed by atoms with Crippen LogP contribution in [-0.4, -0.2) is 93.0 Å². The molecule has 1 saturated heterocycles. The molecule has 4 amide bonds. The van der Waals surface area contributed by atoms with E-state index in [0.29, 0.717) is 68.8 Å². The predicted octanol–water partition coefficient (Wildman–Crippen LogP) is 1.45. The van der Waals surface area contributed by atoms with Gasteiger partial charge in [0.05, 0.1) is 12.5 Å². The maximum Gasteiger partial charge on any atom is 0.251 e. The van der Waals surface area contributed by atoms with Gasteiger partial charge in [-0.1, -0.05) is 55.3 Å². The maximum absolute atomic E-state index is 12.9. The standard InChI is InChI=1S/C30H51N7O4S2/c1-20(2)22-16-23(21(3)4)18-24(17-22)28(39)35-12-14-42-43-15-13-36-29(40)26(37-30(41)25-6-5-8-33-25)19-27(38)34-11-10-32-9-7-31/h16-18,20-21,25-26,32-33H,5-15,19,31H2,1-4H3,(H,34,38)(H,35,39)(H,36,40)(H,37,41)/t25-,26-/m0/s1. The second-order valence-electron chi connectivity index (χ2n) is 11.2. The Morgan fingerprint density at radius 1 is 0.884 bits per heavy atom. The zero-order valence-corrected chi connectivity index (χ0v) is 27.7. The van der Waals surface area contributed by atoms with Crippen molar-refractivity contribution in [2.45, 2.75) is 70.9 Å². The van der Waals surface area contributed by atoms with Gasteiger partial charge in [0, 0.05) is 56.3 Å². The Labute approximate surface area is 264 Å². The van der Waals surface area contributed by atoms with Crippen molar-refractivity contribution in [3.63, 3.8) is 0 Å². The fraction of sp³-hybridized carbons (Fsp3) is 0.667. The lowest BCUT2D eigenvalue weighted by atomic mass is 9.93. The molecule has 8 N–H and O–H groups in total. The van der Waals surface area contributed by atoms with E-state index in [9.17, 15) is 19.2 Å². The average molecular weight is 638 g/mol. The summed E-state index contributed by atoms with van der Waals surface area (Å²) in [5, 5.41) is 17.6. The summed E-state index contributed by atoms with van der Waals surface area (Å²) < 4.78 is 0. The summed E-state index contributed by atoms with van der Waals surface area (Å²) in [4.78, 5) is 50.8. The molecule has 11 nitrogen and oxygen atoms in total. The molecule has 2 rings (SSSR count). The molecule has 2 atom stereocenters. The Kier molecular flexibility index (Phi) is 17.7. The van der Waals surface area contributed by atoms with Gasteiger partial charge in [-0.25, -0.2) is 0 Å². The largest absolute Gasteiger partial charge is 0.355 e. The van der Waals surface area contributed by atoms with Crippen molar-refractivity contribution in [2.24, 2.45) is 5.73 Å². The molecule has 0 bridgehead atoms. The molecular formula is C30H51N7O4S2. The molecule has 1 aliphatic rings. The number of nitrogens with one attached hydrogen (secondary N) is 6. The highest BCUT2D eigenvalue weighted by Gasteiger charge is 2.28. The summed E-state index contributed by atoms with van der Waals surface area (Å²) in [5.41, 5.74) is 8.46. The molecule has 1 fully saturated rings. The van der Waals surface area contributed by atoms with Crippen LogP contribution in [0.3, 0.4) is 0 Å². The van der Waals surface area contributed by atoms with E-state index in [1.54, 1.807) is 21.6 Å². The van der Waals surface area contributed by atoms with Gasteiger partial charge < -0.3 is 37.6 Å². The molecule has 1 aliphatic heterocycles. The summed E-state index contributed by atoms with van der Waals surface area (Å²) in [5.74, 6) is 1.03. The summed E-state index contributed by atoms with van der Waals surface area (Å²) >= 11 is 0. The van der Waals surface area contributed by atoms with Crippen molar-refractivity contribution in [1.82, 2.24) is 31.9 Å². The van der Waals surface area contributed by atoms with Crippen molar-refractivity contribution in [1.29, 1.82) is 0 Å². The minimum Gasteiger partial charge on any atom is -0.355 e. The summed E-state index contributed by atoms with van der Waals surface area (Å²) in [6.07, 6.45) is 1.46. The van der Waals surface area contributed by atoms with Gasteiger partial charge in [-0.15, -0.1) is 0 Å². The lowest BCUT2D eigenvalue weighted by molar-refractivity contribution is -0.132. The molecule has 0 saturated carbocycles. The van der Waals surface area contributed by atoms with Gasteiger partial charge in [-0.3, -0.25) is 19.2 Å². The third-order valence-electron chi connectivity index (χ3n) is 6.96. The molecule has 242 valence electrons. The minimum atomic E-state index is -0.954. The fourth-order valence-corrected chi connectivity index (χ4v) is 6.22. The molecule has 43 heavy (non-hydrogen) atoms. The van der Waals surface area contributed by atoms with E-state index in [2.05, 4.69) is 65.7 Å². The molecule has 1 aromatic carbocycles. The first-order valence-electron chi connectivity index (χ1n) is 15.3. The first kappa shape index (κ1) is 36.9. The van der Waals surface area contributed by atoms with Gasteiger partial charge in [0.1, 0.15) is 6.04 Å². The maximum atomic E-state index is 12.9. The van der Waals surface area contributed by atoms with Gasteiger partial charge in [0.2, 0.25) is 17.7 Å². The molecule has 1 heterocycles. The number of amides is 4. The number of rotatable bonds is 20. The van der Waals surface area contributed by atoms with Crippen molar-refractivity contribution in [3.05, 3.63) is 34.9 Å². The topological polar surface area (TPSA) is 166 Å². The monoisotopic (exact) mass is 637 g/mol. The van der Waals surface area contributed by atoms with Crippen LogP contribution in [0.1, 0.15) is 80.3 Å². The van der Waals surface area contributed by atoms with Crippen molar-refractivity contribution >= 4 is 45.2 Å². The number of carbonyl (C=O) groups is 4. The quantitative estimate of drug-likeness (QED) is 0.0828. The van der Waals surface area contributed by atoms with Gasteiger partial charge in [0.15, 0.2) is 0 Å². The van der Waals surface area contributed by atoms with E-state index >= 15 is 0 Å². The van der Waals surface area contributed by atoms with Crippen LogP contribution < -0.4 is 37.6 Å². The van der Waals surface area contributed by atoms with Crippen LogP contribution in [0.4, 0.5) is 0 Å². The first-order valence-corrected chi connectivity index (χ1v) is 17.8. The normalized spacial score (nSPS) is 15.4. The minimum absolute atomic E-state index is 0.0704. The average Bonchev–Trinajstić information content (AvgIpc) is 3.53. The SMILES string of the molecule is CC(C)c1cc(C(=O)NCCSSCCNC(=O)[C@H](CC(=O)NCCNCCN)NC(=O)[C@@H]2CCCN2)cc(C(C)C)c1. The van der Waals surface area contributed by atoms with E-state index < -0.39 is 6.04 Å². The highest BCUT2D eigenvalue weighted by molar-refractivity contribution is 8.76. The van der Waals surface area contributed by atoms with E-state index in [-0.39, 0.29) is 36.1 Å². The number of hydrogen-bond acceptors (Lipinski definition) is 9. The van der Waals surface area contributed by atoms with Crippen LogP contribution in [-0.2, 0) is 14.4 Å². The van der Waals surface area contributed by atoms with Crippen LogP contribution >= 0.6 is 21.6 Å². The second-order valence-corrected chi connectivity index (χ2v) is 13.9. The Balaban J connectivity index is 1.72. The third kappa shape index (κ3) is 14.3. The van der Waals surface area contributed by atoms with E-state index in [1.165, 1.54) is 0 Å². The van der Waals surface area contributed by atoms with E-state index in [0.717, 1.165) is 29.8 Å². The summed E-state index contributed by atoms with van der Waals surface area (Å²) in [6.45, 7) is 12.3. The second kappa shape index (κ2) is 20.6. The molecule has 0 unspecified atom stereocenters. The Morgan fingerprint density at radius 2 is 1.53 bits per heavy atom. The predicted molar refractivity (Wildman–Crippen MR) is 177 cm³/mol. The lowest BCUT2D eigenvalue weighted by Gasteiger charge is -2.20. The van der Waals surface area contributed by atoms with Crippen LogP contribution in [0.25, 0.3) is 0 Å². The van der Waals surface area contributed by atoms with Crippen molar-refractivity contribution in [2.75, 3.05) is 57.3 Å². The van der Waals surface area contributed by atoms with Crippen LogP contribution in [0.5, 0.6) is 0 Å². The molecule has 0 aromatic heterocycles. The zero-order valence-electron chi connectivity index (χ0n) is 26.1. The Hall–Kier alpha value is -2.32. The molecule has 1 aromatic rings. The first-order chi connectivity index (χ1) is 20.6. The van der Waals surface area contributed by atoms with Gasteiger partial charge in [0.25, 0.3) is 5.91 Å². The number of benzene rings is 1. The highest BCUT2D eigenvalue weighted by atomic mass is 33.1. The van der Waals surface area contributed by atoms with Crippen molar-refractivity contribution in [3.8, 4) is 0 Å². The Bertz CT molecular complexity index is 1010. The zero-order chi connectivity index (χ0) is 31.6. The number of hydrogen-bond donors (Lipinski definition) is 7. The molecule has 0 spiro atoms. The van der Waals surface area contributed by atoms with E-state index in [4.69, 9.17) is 5.73 Å². The summed E-state index contributed by atoms with van der Waals surface area (Å²) in [6, 6.07) is 4.83. The fourth-order valence-electron chi connectivity index (χ4n) is 4.40. The molecule has 0 aliphatic carbocycles. The highest BCUT2D eigenvalue weighted by Crippen LogP contribution is 2.24.